The quantitative estimate of drug-likeness (QED) is 0.791. The topological polar surface area (TPSA) is 86.4 Å². The highest BCUT2D eigenvalue weighted by Crippen LogP contribution is 2.16. The molecule has 0 radical (unpaired) electrons. The van der Waals surface area contributed by atoms with Gasteiger partial charge in [0.25, 0.3) is 0 Å². The van der Waals surface area contributed by atoms with Gasteiger partial charge in [-0.25, -0.2) is 14.3 Å². The molecule has 3 aromatic rings. The number of ether oxygens (including phenoxy) is 1. The van der Waals surface area contributed by atoms with E-state index >= 15 is 0 Å². The molecule has 0 bridgehead atoms. The van der Waals surface area contributed by atoms with Crippen LogP contribution < -0.4 is 15.8 Å². The maximum Gasteiger partial charge on any atom is 0.421 e. The van der Waals surface area contributed by atoms with E-state index in [2.05, 4.69) is 10.3 Å². The number of oxazole rings is 1. The summed E-state index contributed by atoms with van der Waals surface area (Å²) < 4.78 is 11.3. The molecule has 2 heterocycles. The van der Waals surface area contributed by atoms with Gasteiger partial charge in [-0.05, 0) is 24.3 Å². The van der Waals surface area contributed by atoms with Crippen molar-refractivity contribution >= 4 is 22.8 Å². The Kier molecular flexibility index (Phi) is 3.61. The smallest absolute Gasteiger partial charge is 0.421 e. The van der Waals surface area contributed by atoms with Crippen molar-refractivity contribution in [3.63, 3.8) is 0 Å². The Bertz CT molecular complexity index is 882. The average Bonchev–Trinajstić information content (AvgIpc) is 2.83. The van der Waals surface area contributed by atoms with Crippen molar-refractivity contribution < 1.29 is 13.9 Å². The lowest BCUT2D eigenvalue weighted by atomic mass is 10.3. The molecule has 22 heavy (non-hydrogen) atoms. The Morgan fingerprint density at radius 1 is 1.36 bits per heavy atom. The monoisotopic (exact) mass is 299 g/mol. The maximum absolute atomic E-state index is 12.1. The van der Waals surface area contributed by atoms with Crippen molar-refractivity contribution in [1.82, 2.24) is 9.55 Å². The summed E-state index contributed by atoms with van der Waals surface area (Å²) in [6, 6.07) is 10.2. The van der Waals surface area contributed by atoms with Crippen LogP contribution in [0.4, 0.5) is 5.69 Å². The third kappa shape index (κ3) is 2.69. The zero-order valence-corrected chi connectivity index (χ0v) is 11.8. The van der Waals surface area contributed by atoms with Crippen LogP contribution >= 0.6 is 0 Å². The number of aromatic nitrogens is 2. The first-order valence-corrected chi connectivity index (χ1v) is 6.55. The summed E-state index contributed by atoms with van der Waals surface area (Å²) in [5, 5.41) is 2.70. The molecule has 0 spiro atoms. The number of carbonyl (C=O) groups excluding carboxylic acids is 1. The number of hydrogen-bond donors (Lipinski definition) is 1. The summed E-state index contributed by atoms with van der Waals surface area (Å²) in [7, 11) is 1.55. The summed E-state index contributed by atoms with van der Waals surface area (Å²) in [6.07, 6.45) is 1.54. The second-order valence-electron chi connectivity index (χ2n) is 4.56. The minimum absolute atomic E-state index is 0.180. The summed E-state index contributed by atoms with van der Waals surface area (Å²) in [6.45, 7) is -0.180. The van der Waals surface area contributed by atoms with Crippen molar-refractivity contribution in [2.24, 2.45) is 0 Å². The largest absolute Gasteiger partial charge is 0.497 e. The third-order valence-electron chi connectivity index (χ3n) is 3.08. The second kappa shape index (κ2) is 5.72. The molecule has 0 aliphatic heterocycles. The first kappa shape index (κ1) is 13.9. The summed E-state index contributed by atoms with van der Waals surface area (Å²) in [5.74, 6) is -0.344. The number of hydrogen-bond acceptors (Lipinski definition) is 5. The van der Waals surface area contributed by atoms with E-state index in [0.29, 0.717) is 22.7 Å². The molecule has 1 N–H and O–H groups in total. The van der Waals surface area contributed by atoms with Gasteiger partial charge in [-0.1, -0.05) is 6.07 Å². The highest BCUT2D eigenvalue weighted by atomic mass is 16.5. The minimum atomic E-state index is -0.616. The molecule has 2 aromatic heterocycles. The van der Waals surface area contributed by atoms with Crippen molar-refractivity contribution in [3.8, 4) is 5.75 Å². The van der Waals surface area contributed by atoms with Crippen molar-refractivity contribution in [1.29, 1.82) is 0 Å². The highest BCUT2D eigenvalue weighted by Gasteiger charge is 2.13. The van der Waals surface area contributed by atoms with E-state index in [4.69, 9.17) is 9.15 Å². The number of nitrogens with one attached hydrogen (secondary N) is 1. The molecule has 0 saturated carbocycles. The molecule has 0 saturated heterocycles. The molecule has 0 aliphatic rings. The van der Waals surface area contributed by atoms with Crippen LogP contribution in [0.5, 0.6) is 5.75 Å². The second-order valence-corrected chi connectivity index (χ2v) is 4.56. The summed E-state index contributed by atoms with van der Waals surface area (Å²) in [5.41, 5.74) is 1.27. The first-order chi connectivity index (χ1) is 10.7. The molecule has 0 aliphatic carbocycles. The Hall–Kier alpha value is -3.09. The Morgan fingerprint density at radius 2 is 2.23 bits per heavy atom. The van der Waals surface area contributed by atoms with E-state index in [0.717, 1.165) is 0 Å². The van der Waals surface area contributed by atoms with Crippen LogP contribution in [-0.4, -0.2) is 22.6 Å². The zero-order valence-electron chi connectivity index (χ0n) is 11.8. The van der Waals surface area contributed by atoms with Gasteiger partial charge in [0.15, 0.2) is 11.2 Å². The van der Waals surface area contributed by atoms with Gasteiger partial charge in [0.2, 0.25) is 5.91 Å². The van der Waals surface area contributed by atoms with Gasteiger partial charge >= 0.3 is 5.76 Å². The van der Waals surface area contributed by atoms with E-state index in [1.807, 2.05) is 0 Å². The van der Waals surface area contributed by atoms with E-state index < -0.39 is 5.76 Å². The van der Waals surface area contributed by atoms with Gasteiger partial charge in [-0.3, -0.25) is 4.79 Å². The number of benzene rings is 1. The number of pyridine rings is 1. The summed E-state index contributed by atoms with van der Waals surface area (Å²) >= 11 is 0. The predicted octanol–water partition coefficient (Wildman–Crippen LogP) is 1.64. The lowest BCUT2D eigenvalue weighted by Gasteiger charge is -2.07. The molecule has 1 aromatic carbocycles. The lowest BCUT2D eigenvalue weighted by Crippen LogP contribution is -2.25. The lowest BCUT2D eigenvalue weighted by molar-refractivity contribution is -0.116. The number of fused-ring (bicyclic) bond motifs is 1. The van der Waals surface area contributed by atoms with Gasteiger partial charge in [-0.2, -0.15) is 0 Å². The SMILES string of the molecule is COc1cccc(NC(=O)Cn2c(=O)oc3cccnc32)c1. The van der Waals surface area contributed by atoms with E-state index in [1.54, 1.807) is 43.5 Å². The fourth-order valence-electron chi connectivity index (χ4n) is 2.08. The summed E-state index contributed by atoms with van der Waals surface area (Å²) in [4.78, 5) is 27.9. The Morgan fingerprint density at radius 3 is 3.05 bits per heavy atom. The molecule has 7 heteroatoms. The van der Waals surface area contributed by atoms with E-state index in [1.165, 1.54) is 10.8 Å². The van der Waals surface area contributed by atoms with Gasteiger partial charge in [0.1, 0.15) is 12.3 Å². The fraction of sp³-hybridized carbons (Fsp3) is 0.133. The van der Waals surface area contributed by atoms with Crippen LogP contribution in [0.1, 0.15) is 0 Å². The van der Waals surface area contributed by atoms with E-state index in [-0.39, 0.29) is 12.5 Å². The fourth-order valence-corrected chi connectivity index (χ4v) is 2.08. The molecule has 112 valence electrons. The number of amides is 1. The molecule has 0 atom stereocenters. The molecule has 3 rings (SSSR count). The number of anilines is 1. The number of methoxy groups -OCH3 is 1. The highest BCUT2D eigenvalue weighted by molar-refractivity contribution is 5.91. The van der Waals surface area contributed by atoms with Crippen molar-refractivity contribution in [2.75, 3.05) is 12.4 Å². The molecular formula is C15H13N3O4. The van der Waals surface area contributed by atoms with Gasteiger partial charge < -0.3 is 14.5 Å². The number of nitrogens with zero attached hydrogens (tertiary/aromatic N) is 2. The Balaban J connectivity index is 1.81. The molecule has 0 fully saturated rings. The molecule has 0 unspecified atom stereocenters. The standard InChI is InChI=1S/C15H13N3O4/c1-21-11-5-2-4-10(8-11)17-13(19)9-18-14-12(22-15(18)20)6-3-7-16-14/h2-8H,9H2,1H3,(H,17,19). The van der Waals surface area contributed by atoms with Crippen LogP contribution in [0.15, 0.2) is 51.8 Å². The van der Waals surface area contributed by atoms with Crippen molar-refractivity contribution in [3.05, 3.63) is 53.1 Å². The number of carbonyl (C=O) groups is 1. The normalized spacial score (nSPS) is 10.6. The van der Waals surface area contributed by atoms with Gasteiger partial charge in [-0.15, -0.1) is 0 Å². The minimum Gasteiger partial charge on any atom is -0.497 e. The van der Waals surface area contributed by atoms with Crippen LogP contribution in [0.2, 0.25) is 0 Å². The third-order valence-corrected chi connectivity index (χ3v) is 3.08. The van der Waals surface area contributed by atoms with Gasteiger partial charge in [0, 0.05) is 18.0 Å². The zero-order chi connectivity index (χ0) is 15.5. The van der Waals surface area contributed by atoms with Gasteiger partial charge in [0.05, 0.1) is 7.11 Å². The van der Waals surface area contributed by atoms with E-state index in [9.17, 15) is 9.59 Å². The maximum atomic E-state index is 12.1. The molecular weight excluding hydrogens is 286 g/mol. The van der Waals surface area contributed by atoms with Crippen molar-refractivity contribution in [2.45, 2.75) is 6.54 Å². The van der Waals surface area contributed by atoms with Crippen LogP contribution in [0.25, 0.3) is 11.2 Å². The molecule has 7 nitrogen and oxygen atoms in total. The predicted molar refractivity (Wildman–Crippen MR) is 79.9 cm³/mol. The van der Waals surface area contributed by atoms with Crippen LogP contribution in [-0.2, 0) is 11.3 Å². The molecule has 1 amide bonds. The number of rotatable bonds is 4. The van der Waals surface area contributed by atoms with Crippen LogP contribution in [0, 0.1) is 0 Å². The Labute approximate surface area is 125 Å². The van der Waals surface area contributed by atoms with Crippen LogP contribution in [0.3, 0.4) is 0 Å². The first-order valence-electron chi connectivity index (χ1n) is 6.55. The average molecular weight is 299 g/mol.